The summed E-state index contributed by atoms with van der Waals surface area (Å²) in [4.78, 5) is 0. The second-order valence-electron chi connectivity index (χ2n) is 4.69. The molecule has 0 radical (unpaired) electrons. The minimum absolute atomic E-state index is 0.166. The SMILES string of the molecule is CCCNC(C1=CCCC1)c1c(F)cccc1F. The van der Waals surface area contributed by atoms with Crippen LogP contribution in [-0.2, 0) is 0 Å². The number of benzene rings is 1. The molecule has 1 nitrogen and oxygen atoms in total. The summed E-state index contributed by atoms with van der Waals surface area (Å²) in [6.07, 6.45) is 6.07. The van der Waals surface area contributed by atoms with E-state index in [-0.39, 0.29) is 11.6 Å². The summed E-state index contributed by atoms with van der Waals surface area (Å²) in [5.74, 6) is -0.923. The fraction of sp³-hybridized carbons (Fsp3) is 0.467. The summed E-state index contributed by atoms with van der Waals surface area (Å²) < 4.78 is 27.7. The third-order valence-electron chi connectivity index (χ3n) is 3.33. The van der Waals surface area contributed by atoms with Crippen molar-refractivity contribution in [3.05, 3.63) is 47.0 Å². The van der Waals surface area contributed by atoms with Gasteiger partial charge in [-0.25, -0.2) is 8.78 Å². The molecular formula is C15H19F2N. The minimum Gasteiger partial charge on any atom is -0.306 e. The Bertz CT molecular complexity index is 420. The Hall–Kier alpha value is -1.22. The van der Waals surface area contributed by atoms with Crippen LogP contribution in [0.4, 0.5) is 8.78 Å². The van der Waals surface area contributed by atoms with E-state index in [2.05, 4.69) is 11.4 Å². The average molecular weight is 251 g/mol. The van der Waals surface area contributed by atoms with E-state index in [4.69, 9.17) is 0 Å². The Kier molecular flexibility index (Phi) is 4.48. The van der Waals surface area contributed by atoms with Crippen LogP contribution < -0.4 is 5.32 Å². The van der Waals surface area contributed by atoms with Crippen LogP contribution in [0.2, 0.25) is 0 Å². The largest absolute Gasteiger partial charge is 0.306 e. The molecule has 1 N–H and O–H groups in total. The minimum atomic E-state index is -0.462. The first-order chi connectivity index (χ1) is 8.74. The number of rotatable bonds is 5. The molecule has 0 saturated heterocycles. The lowest BCUT2D eigenvalue weighted by Gasteiger charge is -2.21. The normalized spacial score (nSPS) is 16.7. The molecule has 1 unspecified atom stereocenters. The summed E-state index contributed by atoms with van der Waals surface area (Å²) in [6, 6.07) is 3.76. The van der Waals surface area contributed by atoms with Gasteiger partial charge in [0.05, 0.1) is 6.04 Å². The number of nitrogens with one attached hydrogen (secondary N) is 1. The second-order valence-corrected chi connectivity index (χ2v) is 4.69. The van der Waals surface area contributed by atoms with Crippen LogP contribution in [0.3, 0.4) is 0 Å². The van der Waals surface area contributed by atoms with Crippen molar-refractivity contribution in [3.63, 3.8) is 0 Å². The summed E-state index contributed by atoms with van der Waals surface area (Å²) in [5.41, 5.74) is 1.28. The van der Waals surface area contributed by atoms with Crippen molar-refractivity contribution >= 4 is 0 Å². The van der Waals surface area contributed by atoms with Gasteiger partial charge < -0.3 is 5.32 Å². The molecular weight excluding hydrogens is 232 g/mol. The van der Waals surface area contributed by atoms with E-state index in [0.29, 0.717) is 0 Å². The highest BCUT2D eigenvalue weighted by molar-refractivity contribution is 5.32. The first kappa shape index (κ1) is 13.2. The van der Waals surface area contributed by atoms with Crippen molar-refractivity contribution in [1.82, 2.24) is 5.32 Å². The topological polar surface area (TPSA) is 12.0 Å². The molecule has 98 valence electrons. The van der Waals surface area contributed by atoms with E-state index in [1.54, 1.807) is 0 Å². The summed E-state index contributed by atoms with van der Waals surface area (Å²) in [5, 5.41) is 3.26. The number of hydrogen-bond acceptors (Lipinski definition) is 1. The van der Waals surface area contributed by atoms with E-state index >= 15 is 0 Å². The van der Waals surface area contributed by atoms with E-state index in [0.717, 1.165) is 37.8 Å². The van der Waals surface area contributed by atoms with Gasteiger partial charge in [0.25, 0.3) is 0 Å². The molecule has 0 aliphatic heterocycles. The Morgan fingerprint density at radius 2 is 2.00 bits per heavy atom. The number of allylic oxidation sites excluding steroid dienone is 1. The maximum Gasteiger partial charge on any atom is 0.131 e. The van der Waals surface area contributed by atoms with Crippen molar-refractivity contribution in [3.8, 4) is 0 Å². The molecule has 2 rings (SSSR count). The predicted octanol–water partition coefficient (Wildman–Crippen LogP) is 4.12. The quantitative estimate of drug-likeness (QED) is 0.776. The zero-order valence-corrected chi connectivity index (χ0v) is 10.7. The van der Waals surface area contributed by atoms with Crippen molar-refractivity contribution in [2.24, 2.45) is 0 Å². The van der Waals surface area contributed by atoms with Crippen LogP contribution in [0.25, 0.3) is 0 Å². The van der Waals surface area contributed by atoms with Gasteiger partial charge in [-0.2, -0.15) is 0 Å². The lowest BCUT2D eigenvalue weighted by atomic mass is 9.97. The van der Waals surface area contributed by atoms with Gasteiger partial charge in [0, 0.05) is 5.56 Å². The van der Waals surface area contributed by atoms with Crippen LogP contribution in [0, 0.1) is 11.6 Å². The zero-order chi connectivity index (χ0) is 13.0. The Morgan fingerprint density at radius 1 is 1.28 bits per heavy atom. The molecule has 0 fully saturated rings. The molecule has 1 aromatic carbocycles. The molecule has 1 aliphatic rings. The highest BCUT2D eigenvalue weighted by Crippen LogP contribution is 2.33. The van der Waals surface area contributed by atoms with Gasteiger partial charge in [0.15, 0.2) is 0 Å². The molecule has 1 aromatic rings. The van der Waals surface area contributed by atoms with E-state index < -0.39 is 11.6 Å². The van der Waals surface area contributed by atoms with Crippen molar-refractivity contribution < 1.29 is 8.78 Å². The number of halogens is 2. The third kappa shape index (κ3) is 2.78. The lowest BCUT2D eigenvalue weighted by Crippen LogP contribution is -2.25. The highest BCUT2D eigenvalue weighted by Gasteiger charge is 2.24. The van der Waals surface area contributed by atoms with E-state index in [9.17, 15) is 8.78 Å². The van der Waals surface area contributed by atoms with Crippen LogP contribution in [-0.4, -0.2) is 6.54 Å². The summed E-state index contributed by atoms with van der Waals surface area (Å²) in [7, 11) is 0. The molecule has 3 heteroatoms. The smallest absolute Gasteiger partial charge is 0.131 e. The fourth-order valence-corrected chi connectivity index (χ4v) is 2.45. The Morgan fingerprint density at radius 3 is 2.56 bits per heavy atom. The molecule has 0 amide bonds. The van der Waals surface area contributed by atoms with Gasteiger partial charge in [-0.3, -0.25) is 0 Å². The fourth-order valence-electron chi connectivity index (χ4n) is 2.45. The van der Waals surface area contributed by atoms with Crippen molar-refractivity contribution in [1.29, 1.82) is 0 Å². The van der Waals surface area contributed by atoms with Crippen LogP contribution in [0.5, 0.6) is 0 Å². The summed E-state index contributed by atoms with van der Waals surface area (Å²) in [6.45, 7) is 2.81. The first-order valence-electron chi connectivity index (χ1n) is 6.60. The maximum absolute atomic E-state index is 13.9. The lowest BCUT2D eigenvalue weighted by molar-refractivity contribution is 0.494. The third-order valence-corrected chi connectivity index (χ3v) is 3.33. The maximum atomic E-state index is 13.9. The molecule has 0 bridgehead atoms. The molecule has 0 spiro atoms. The standard InChI is InChI=1S/C15H19F2N/c1-2-10-18-15(11-6-3-4-7-11)14-12(16)8-5-9-13(14)17/h5-6,8-9,15,18H,2-4,7,10H2,1H3. The Balaban J connectivity index is 2.33. The van der Waals surface area contributed by atoms with Gasteiger partial charge in [0.1, 0.15) is 11.6 Å². The van der Waals surface area contributed by atoms with Crippen molar-refractivity contribution in [2.45, 2.75) is 38.6 Å². The molecule has 0 aromatic heterocycles. The van der Waals surface area contributed by atoms with Crippen LogP contribution in [0.15, 0.2) is 29.8 Å². The monoisotopic (exact) mass is 251 g/mol. The van der Waals surface area contributed by atoms with E-state index in [1.807, 2.05) is 6.92 Å². The van der Waals surface area contributed by atoms with Gasteiger partial charge >= 0.3 is 0 Å². The zero-order valence-electron chi connectivity index (χ0n) is 10.7. The molecule has 1 aliphatic carbocycles. The molecule has 1 atom stereocenters. The first-order valence-corrected chi connectivity index (χ1v) is 6.60. The molecule has 0 heterocycles. The van der Waals surface area contributed by atoms with Crippen LogP contribution in [0.1, 0.15) is 44.2 Å². The number of hydrogen-bond donors (Lipinski definition) is 1. The second kappa shape index (κ2) is 6.10. The van der Waals surface area contributed by atoms with Gasteiger partial charge in [-0.15, -0.1) is 0 Å². The highest BCUT2D eigenvalue weighted by atomic mass is 19.1. The van der Waals surface area contributed by atoms with Crippen molar-refractivity contribution in [2.75, 3.05) is 6.54 Å². The average Bonchev–Trinajstić information content (AvgIpc) is 2.86. The van der Waals surface area contributed by atoms with Gasteiger partial charge in [-0.05, 0) is 44.4 Å². The Labute approximate surface area is 107 Å². The molecule has 0 saturated carbocycles. The van der Waals surface area contributed by atoms with E-state index in [1.165, 1.54) is 18.2 Å². The van der Waals surface area contributed by atoms with Gasteiger partial charge in [-0.1, -0.05) is 24.6 Å². The molecule has 18 heavy (non-hydrogen) atoms. The van der Waals surface area contributed by atoms with Crippen LogP contribution >= 0.6 is 0 Å². The predicted molar refractivity (Wildman–Crippen MR) is 69.3 cm³/mol. The summed E-state index contributed by atoms with van der Waals surface area (Å²) >= 11 is 0. The van der Waals surface area contributed by atoms with Gasteiger partial charge in [0.2, 0.25) is 0 Å².